The molecular formula is C17H19NO4. The van der Waals surface area contributed by atoms with Crippen LogP contribution in [0.2, 0.25) is 0 Å². The van der Waals surface area contributed by atoms with Crippen molar-refractivity contribution in [3.8, 4) is 0 Å². The lowest BCUT2D eigenvalue weighted by atomic mass is 10.1. The number of nitrogens with one attached hydrogen (secondary N) is 1. The third-order valence-corrected chi connectivity index (χ3v) is 3.38. The first-order valence-electron chi connectivity index (χ1n) is 7.10. The van der Waals surface area contributed by atoms with Gasteiger partial charge in [-0.05, 0) is 38.1 Å². The predicted molar refractivity (Wildman–Crippen MR) is 81.7 cm³/mol. The fourth-order valence-corrected chi connectivity index (χ4v) is 2.15. The van der Waals surface area contributed by atoms with Crippen LogP contribution in [0.15, 0.2) is 47.1 Å². The third-order valence-electron chi connectivity index (χ3n) is 3.38. The molecule has 0 aliphatic heterocycles. The number of aliphatic hydroxyl groups excluding tert-OH is 1. The zero-order chi connectivity index (χ0) is 16.1. The molecule has 22 heavy (non-hydrogen) atoms. The average molecular weight is 301 g/mol. The van der Waals surface area contributed by atoms with Crippen LogP contribution in [0.5, 0.6) is 0 Å². The van der Waals surface area contributed by atoms with Crippen LogP contribution in [0.25, 0.3) is 0 Å². The minimum atomic E-state index is -0.759. The average Bonchev–Trinajstić information content (AvgIpc) is 3.01. The lowest BCUT2D eigenvalue weighted by Crippen LogP contribution is -2.33. The van der Waals surface area contributed by atoms with Crippen LogP contribution in [0.3, 0.4) is 0 Å². The van der Waals surface area contributed by atoms with Gasteiger partial charge in [-0.3, -0.25) is 9.59 Å². The summed E-state index contributed by atoms with van der Waals surface area (Å²) < 4.78 is 5.13. The van der Waals surface area contributed by atoms with Crippen LogP contribution < -0.4 is 5.32 Å². The molecule has 2 aromatic rings. The zero-order valence-corrected chi connectivity index (χ0v) is 12.6. The molecule has 0 fully saturated rings. The highest BCUT2D eigenvalue weighted by Gasteiger charge is 2.17. The summed E-state index contributed by atoms with van der Waals surface area (Å²) in [7, 11) is 0. The summed E-state index contributed by atoms with van der Waals surface area (Å²) in [5.41, 5.74) is 1.04. The van der Waals surface area contributed by atoms with E-state index in [0.29, 0.717) is 23.3 Å². The minimum absolute atomic E-state index is 0.0399. The summed E-state index contributed by atoms with van der Waals surface area (Å²) in [6.45, 7) is 3.29. The van der Waals surface area contributed by atoms with Gasteiger partial charge in [-0.1, -0.05) is 12.1 Å². The van der Waals surface area contributed by atoms with Gasteiger partial charge < -0.3 is 14.8 Å². The van der Waals surface area contributed by atoms with E-state index < -0.39 is 6.10 Å². The molecule has 2 atom stereocenters. The number of furan rings is 1. The molecule has 1 aromatic carbocycles. The van der Waals surface area contributed by atoms with Crippen molar-refractivity contribution in [2.24, 2.45) is 0 Å². The molecule has 1 heterocycles. The predicted octanol–water partition coefficient (Wildman–Crippen LogP) is 2.72. The van der Waals surface area contributed by atoms with Crippen molar-refractivity contribution in [3.63, 3.8) is 0 Å². The molecule has 0 bridgehead atoms. The number of carbonyl (C=O) groups is 2. The van der Waals surface area contributed by atoms with Crippen molar-refractivity contribution in [2.45, 2.75) is 32.4 Å². The topological polar surface area (TPSA) is 79.5 Å². The number of carbonyl (C=O) groups excluding carboxylic acids is 2. The monoisotopic (exact) mass is 301 g/mol. The Morgan fingerprint density at radius 3 is 2.36 bits per heavy atom. The Morgan fingerprint density at radius 2 is 1.82 bits per heavy atom. The number of aliphatic hydroxyl groups is 1. The molecule has 1 amide bonds. The van der Waals surface area contributed by atoms with Crippen LogP contribution in [0, 0.1) is 0 Å². The normalized spacial score (nSPS) is 13.4. The van der Waals surface area contributed by atoms with Crippen molar-refractivity contribution in [1.82, 2.24) is 5.32 Å². The molecule has 0 saturated carbocycles. The van der Waals surface area contributed by atoms with Crippen molar-refractivity contribution in [2.75, 3.05) is 0 Å². The van der Waals surface area contributed by atoms with E-state index in [1.807, 2.05) is 6.92 Å². The van der Waals surface area contributed by atoms with E-state index in [0.717, 1.165) is 0 Å². The van der Waals surface area contributed by atoms with E-state index in [-0.39, 0.29) is 17.7 Å². The van der Waals surface area contributed by atoms with Crippen LogP contribution >= 0.6 is 0 Å². The molecule has 1 aromatic heterocycles. The van der Waals surface area contributed by atoms with E-state index in [2.05, 4.69) is 5.32 Å². The number of hydrogen-bond acceptors (Lipinski definition) is 4. The van der Waals surface area contributed by atoms with E-state index >= 15 is 0 Å². The minimum Gasteiger partial charge on any atom is -0.467 e. The fourth-order valence-electron chi connectivity index (χ4n) is 2.15. The quantitative estimate of drug-likeness (QED) is 0.804. The van der Waals surface area contributed by atoms with Gasteiger partial charge in [-0.2, -0.15) is 0 Å². The Hall–Kier alpha value is -2.40. The second-order valence-corrected chi connectivity index (χ2v) is 5.27. The summed E-state index contributed by atoms with van der Waals surface area (Å²) >= 11 is 0. The first-order valence-corrected chi connectivity index (χ1v) is 7.10. The Labute approximate surface area is 129 Å². The van der Waals surface area contributed by atoms with Crippen molar-refractivity contribution in [3.05, 3.63) is 59.5 Å². The first-order chi connectivity index (χ1) is 10.5. The lowest BCUT2D eigenvalue weighted by Gasteiger charge is -2.16. The van der Waals surface area contributed by atoms with Gasteiger partial charge in [0.15, 0.2) is 5.78 Å². The van der Waals surface area contributed by atoms with Crippen molar-refractivity contribution in [1.29, 1.82) is 0 Å². The summed E-state index contributed by atoms with van der Waals surface area (Å²) in [6, 6.07) is 9.65. The van der Waals surface area contributed by atoms with Gasteiger partial charge >= 0.3 is 0 Å². The van der Waals surface area contributed by atoms with Gasteiger partial charge in [0.1, 0.15) is 11.9 Å². The standard InChI is InChI=1S/C17H19NO4/c1-11(10-15(20)16-4-3-9-22-16)18-17(21)14-7-5-13(6-8-14)12(2)19/h3-9,11,15,20H,10H2,1-2H3,(H,18,21). The number of ketones is 1. The second kappa shape index (κ2) is 7.04. The Balaban J connectivity index is 1.92. The number of rotatable bonds is 6. The highest BCUT2D eigenvalue weighted by molar-refractivity contribution is 5.97. The van der Waals surface area contributed by atoms with Crippen molar-refractivity contribution < 1.29 is 19.1 Å². The molecule has 2 N–H and O–H groups in total. The Kier molecular flexibility index (Phi) is 5.12. The van der Waals surface area contributed by atoms with Gasteiger partial charge in [0.2, 0.25) is 0 Å². The molecule has 0 saturated heterocycles. The molecular weight excluding hydrogens is 282 g/mol. The van der Waals surface area contributed by atoms with E-state index in [4.69, 9.17) is 4.42 Å². The van der Waals surface area contributed by atoms with Gasteiger partial charge in [0.05, 0.1) is 6.26 Å². The molecule has 5 heteroatoms. The smallest absolute Gasteiger partial charge is 0.251 e. The summed E-state index contributed by atoms with van der Waals surface area (Å²) in [4.78, 5) is 23.3. The lowest BCUT2D eigenvalue weighted by molar-refractivity contribution is 0.0901. The second-order valence-electron chi connectivity index (χ2n) is 5.27. The maximum absolute atomic E-state index is 12.1. The molecule has 0 aliphatic rings. The highest BCUT2D eigenvalue weighted by Crippen LogP contribution is 2.18. The van der Waals surface area contributed by atoms with E-state index in [1.54, 1.807) is 36.4 Å². The molecule has 0 spiro atoms. The van der Waals surface area contributed by atoms with Gasteiger partial charge in [0, 0.05) is 23.6 Å². The summed E-state index contributed by atoms with van der Waals surface area (Å²) in [5, 5.41) is 12.8. The maximum Gasteiger partial charge on any atom is 0.251 e. The molecule has 2 unspecified atom stereocenters. The Bertz CT molecular complexity index is 631. The number of Topliss-reactive ketones (excluding diaryl/α,β-unsaturated/α-hetero) is 1. The Morgan fingerprint density at radius 1 is 1.18 bits per heavy atom. The van der Waals surface area contributed by atoms with Crippen molar-refractivity contribution >= 4 is 11.7 Å². The van der Waals surface area contributed by atoms with Crippen LogP contribution in [-0.4, -0.2) is 22.8 Å². The number of amides is 1. The SMILES string of the molecule is CC(=O)c1ccc(C(=O)NC(C)CC(O)c2ccco2)cc1. The van der Waals surface area contributed by atoms with Crippen LogP contribution in [-0.2, 0) is 0 Å². The molecule has 5 nitrogen and oxygen atoms in total. The summed E-state index contributed by atoms with van der Waals surface area (Å²) in [5.74, 6) is 0.197. The van der Waals surface area contributed by atoms with Gasteiger partial charge in [-0.15, -0.1) is 0 Å². The highest BCUT2D eigenvalue weighted by atomic mass is 16.4. The van der Waals surface area contributed by atoms with Crippen LogP contribution in [0.4, 0.5) is 0 Å². The fraction of sp³-hybridized carbons (Fsp3) is 0.294. The number of hydrogen-bond donors (Lipinski definition) is 2. The van der Waals surface area contributed by atoms with Gasteiger partial charge in [-0.25, -0.2) is 0 Å². The van der Waals surface area contributed by atoms with E-state index in [1.165, 1.54) is 13.2 Å². The number of benzene rings is 1. The molecule has 0 radical (unpaired) electrons. The first kappa shape index (κ1) is 16.0. The third kappa shape index (κ3) is 4.05. The van der Waals surface area contributed by atoms with E-state index in [9.17, 15) is 14.7 Å². The van der Waals surface area contributed by atoms with Crippen LogP contribution in [0.1, 0.15) is 52.8 Å². The zero-order valence-electron chi connectivity index (χ0n) is 12.6. The largest absolute Gasteiger partial charge is 0.467 e. The molecule has 116 valence electrons. The van der Waals surface area contributed by atoms with Gasteiger partial charge in [0.25, 0.3) is 5.91 Å². The molecule has 0 aliphatic carbocycles. The summed E-state index contributed by atoms with van der Waals surface area (Å²) in [6.07, 6.45) is 1.09. The maximum atomic E-state index is 12.1. The molecule has 2 rings (SSSR count).